The van der Waals surface area contributed by atoms with Gasteiger partial charge >= 0.3 is 0 Å². The van der Waals surface area contributed by atoms with Gasteiger partial charge < -0.3 is 15.3 Å². The highest BCUT2D eigenvalue weighted by molar-refractivity contribution is 7.10. The largest absolute Gasteiger partial charge is 0.387 e. The molecular formula is C17H20N2O2S. The molecule has 0 unspecified atom stereocenters. The number of aliphatic hydroxyl groups excluding tert-OH is 1. The van der Waals surface area contributed by atoms with Crippen molar-refractivity contribution in [1.82, 2.24) is 5.32 Å². The number of hydrogen-bond acceptors (Lipinski definition) is 4. The monoisotopic (exact) mass is 316 g/mol. The van der Waals surface area contributed by atoms with Gasteiger partial charge in [-0.25, -0.2) is 0 Å². The van der Waals surface area contributed by atoms with Crippen LogP contribution >= 0.6 is 11.3 Å². The normalized spacial score (nSPS) is 12.3. The molecule has 2 aromatic rings. The number of benzene rings is 1. The number of hydrogen-bond donors (Lipinski definition) is 2. The Morgan fingerprint density at radius 3 is 2.64 bits per heavy atom. The minimum Gasteiger partial charge on any atom is -0.387 e. The molecule has 0 aliphatic heterocycles. The molecule has 0 fully saturated rings. The fourth-order valence-electron chi connectivity index (χ4n) is 1.91. The number of carbonyl (C=O) groups excluding carboxylic acids is 1. The molecule has 1 aromatic carbocycles. The Labute approximate surface area is 134 Å². The molecular weight excluding hydrogens is 296 g/mol. The van der Waals surface area contributed by atoms with Gasteiger partial charge in [0.25, 0.3) is 0 Å². The van der Waals surface area contributed by atoms with Crippen LogP contribution in [0.3, 0.4) is 0 Å². The quantitative estimate of drug-likeness (QED) is 0.806. The predicted molar refractivity (Wildman–Crippen MR) is 92.1 cm³/mol. The molecule has 22 heavy (non-hydrogen) atoms. The van der Waals surface area contributed by atoms with E-state index in [1.165, 1.54) is 6.08 Å². The zero-order chi connectivity index (χ0) is 15.9. The second-order valence-corrected chi connectivity index (χ2v) is 6.07. The van der Waals surface area contributed by atoms with Crippen molar-refractivity contribution in [2.24, 2.45) is 0 Å². The summed E-state index contributed by atoms with van der Waals surface area (Å²) in [6, 6.07) is 11.5. The lowest BCUT2D eigenvalue weighted by Crippen LogP contribution is -2.26. The van der Waals surface area contributed by atoms with Gasteiger partial charge in [0.15, 0.2) is 0 Å². The Balaban J connectivity index is 1.84. The average Bonchev–Trinajstić information content (AvgIpc) is 3.04. The Morgan fingerprint density at radius 2 is 2.05 bits per heavy atom. The van der Waals surface area contributed by atoms with E-state index in [4.69, 9.17) is 0 Å². The van der Waals surface area contributed by atoms with E-state index >= 15 is 0 Å². The van der Waals surface area contributed by atoms with Crippen molar-refractivity contribution in [2.45, 2.75) is 6.10 Å². The van der Waals surface area contributed by atoms with Gasteiger partial charge in [0, 0.05) is 37.3 Å². The predicted octanol–water partition coefficient (Wildman–Crippen LogP) is 2.68. The number of rotatable bonds is 6. The van der Waals surface area contributed by atoms with Gasteiger partial charge in [-0.2, -0.15) is 0 Å². The molecule has 0 bridgehead atoms. The number of thiophene rings is 1. The minimum absolute atomic E-state index is 0.189. The van der Waals surface area contributed by atoms with Gasteiger partial charge in [0.05, 0.1) is 6.10 Å². The fourth-order valence-corrected chi connectivity index (χ4v) is 2.53. The third-order valence-electron chi connectivity index (χ3n) is 3.21. The van der Waals surface area contributed by atoms with E-state index in [-0.39, 0.29) is 12.5 Å². The molecule has 0 radical (unpaired) electrons. The van der Waals surface area contributed by atoms with Crippen LogP contribution in [-0.2, 0) is 4.79 Å². The molecule has 5 heteroatoms. The zero-order valence-electron chi connectivity index (χ0n) is 12.7. The molecule has 1 aromatic heterocycles. The van der Waals surface area contributed by atoms with Gasteiger partial charge in [-0.1, -0.05) is 18.2 Å². The summed E-state index contributed by atoms with van der Waals surface area (Å²) in [5.74, 6) is -0.211. The van der Waals surface area contributed by atoms with Gasteiger partial charge in [0.2, 0.25) is 5.91 Å². The van der Waals surface area contributed by atoms with Crippen LogP contribution in [0.25, 0.3) is 6.08 Å². The standard InChI is InChI=1S/C17H20N2O2S/c1-19(2)14-7-5-13(6-8-14)16(20)12-18-17(21)10-9-15-4-3-11-22-15/h3-11,16,20H,12H2,1-2H3,(H,18,21)/b10-9+/t16-/m0/s1. The second kappa shape index (κ2) is 7.77. The van der Waals surface area contributed by atoms with Crippen molar-refractivity contribution in [2.75, 3.05) is 25.5 Å². The third kappa shape index (κ3) is 4.72. The molecule has 1 amide bonds. The highest BCUT2D eigenvalue weighted by Gasteiger charge is 2.08. The first-order valence-corrected chi connectivity index (χ1v) is 7.89. The number of nitrogens with zero attached hydrogens (tertiary/aromatic N) is 1. The summed E-state index contributed by atoms with van der Waals surface area (Å²) in [5, 5.41) is 14.8. The van der Waals surface area contributed by atoms with Gasteiger partial charge in [-0.15, -0.1) is 11.3 Å². The fraction of sp³-hybridized carbons (Fsp3) is 0.235. The lowest BCUT2D eigenvalue weighted by molar-refractivity contribution is -0.116. The van der Waals surface area contributed by atoms with Gasteiger partial charge in [-0.05, 0) is 35.2 Å². The van der Waals surface area contributed by atoms with Crippen molar-refractivity contribution in [3.05, 3.63) is 58.3 Å². The topological polar surface area (TPSA) is 52.6 Å². The first kappa shape index (κ1) is 16.3. The van der Waals surface area contributed by atoms with Crippen LogP contribution < -0.4 is 10.2 Å². The molecule has 0 aliphatic rings. The number of nitrogens with one attached hydrogen (secondary N) is 1. The van der Waals surface area contributed by atoms with Crippen molar-refractivity contribution in [3.63, 3.8) is 0 Å². The summed E-state index contributed by atoms with van der Waals surface area (Å²) in [5.41, 5.74) is 1.85. The van der Waals surface area contributed by atoms with E-state index in [2.05, 4.69) is 5.32 Å². The molecule has 0 saturated heterocycles. The van der Waals surface area contributed by atoms with E-state index in [1.807, 2.05) is 60.8 Å². The lowest BCUT2D eigenvalue weighted by atomic mass is 10.1. The van der Waals surface area contributed by atoms with Crippen LogP contribution in [0.15, 0.2) is 47.9 Å². The lowest BCUT2D eigenvalue weighted by Gasteiger charge is -2.15. The van der Waals surface area contributed by atoms with E-state index in [9.17, 15) is 9.90 Å². The Hall–Kier alpha value is -2.11. The summed E-state index contributed by atoms with van der Waals surface area (Å²) in [7, 11) is 3.93. The van der Waals surface area contributed by atoms with Crippen LogP contribution in [-0.4, -0.2) is 31.7 Å². The number of aliphatic hydroxyl groups is 1. The van der Waals surface area contributed by atoms with Crippen LogP contribution in [0.1, 0.15) is 16.5 Å². The molecule has 0 aliphatic carbocycles. The molecule has 2 rings (SSSR count). The van der Waals surface area contributed by atoms with Crippen LogP contribution in [0.4, 0.5) is 5.69 Å². The van der Waals surface area contributed by atoms with Crippen molar-refractivity contribution < 1.29 is 9.90 Å². The van der Waals surface area contributed by atoms with Crippen molar-refractivity contribution in [3.8, 4) is 0 Å². The summed E-state index contributed by atoms with van der Waals surface area (Å²) in [4.78, 5) is 14.7. The van der Waals surface area contributed by atoms with Crippen LogP contribution in [0.5, 0.6) is 0 Å². The zero-order valence-corrected chi connectivity index (χ0v) is 13.5. The smallest absolute Gasteiger partial charge is 0.244 e. The van der Waals surface area contributed by atoms with Crippen molar-refractivity contribution in [1.29, 1.82) is 0 Å². The minimum atomic E-state index is -0.713. The van der Waals surface area contributed by atoms with E-state index < -0.39 is 6.10 Å². The first-order valence-electron chi connectivity index (χ1n) is 7.01. The highest BCUT2D eigenvalue weighted by atomic mass is 32.1. The van der Waals surface area contributed by atoms with Gasteiger partial charge in [-0.3, -0.25) is 4.79 Å². The first-order chi connectivity index (χ1) is 10.6. The summed E-state index contributed by atoms with van der Waals surface area (Å²) < 4.78 is 0. The highest BCUT2D eigenvalue weighted by Crippen LogP contribution is 2.17. The number of carbonyl (C=O) groups is 1. The molecule has 1 heterocycles. The van der Waals surface area contributed by atoms with E-state index in [0.29, 0.717) is 0 Å². The van der Waals surface area contributed by atoms with Crippen molar-refractivity contribution >= 4 is 29.0 Å². The van der Waals surface area contributed by atoms with Gasteiger partial charge in [0.1, 0.15) is 0 Å². The molecule has 2 N–H and O–H groups in total. The SMILES string of the molecule is CN(C)c1ccc([C@@H](O)CNC(=O)/C=C/c2cccs2)cc1. The summed E-state index contributed by atoms with van der Waals surface area (Å²) in [6.07, 6.45) is 2.53. The number of anilines is 1. The molecule has 0 spiro atoms. The molecule has 1 atom stereocenters. The Morgan fingerprint density at radius 1 is 1.32 bits per heavy atom. The van der Waals surface area contributed by atoms with Crippen LogP contribution in [0, 0.1) is 0 Å². The molecule has 0 saturated carbocycles. The molecule has 116 valence electrons. The maximum Gasteiger partial charge on any atom is 0.244 e. The Kier molecular flexibility index (Phi) is 5.75. The summed E-state index contributed by atoms with van der Waals surface area (Å²) in [6.45, 7) is 0.189. The van der Waals surface area contributed by atoms with E-state index in [0.717, 1.165) is 16.1 Å². The second-order valence-electron chi connectivity index (χ2n) is 5.10. The summed E-state index contributed by atoms with van der Waals surface area (Å²) >= 11 is 1.57. The molecule has 4 nitrogen and oxygen atoms in total. The number of amides is 1. The van der Waals surface area contributed by atoms with E-state index in [1.54, 1.807) is 17.4 Å². The average molecular weight is 316 g/mol. The maximum absolute atomic E-state index is 11.7. The Bertz CT molecular complexity index is 619. The maximum atomic E-state index is 11.7. The third-order valence-corrected chi connectivity index (χ3v) is 4.04. The van der Waals surface area contributed by atoms with Crippen LogP contribution in [0.2, 0.25) is 0 Å².